The van der Waals surface area contributed by atoms with Gasteiger partial charge in [-0.2, -0.15) is 17.0 Å². The zero-order valence-electron chi connectivity index (χ0n) is 12.7. The molecular weight excluding hydrogens is 292 g/mol. The summed E-state index contributed by atoms with van der Waals surface area (Å²) in [6, 6.07) is 7.41. The summed E-state index contributed by atoms with van der Waals surface area (Å²) in [5.41, 5.74) is 0. The maximum Gasteiger partial charge on any atom is 0.281 e. The zero-order valence-corrected chi connectivity index (χ0v) is 13.5. The van der Waals surface area contributed by atoms with E-state index in [4.69, 9.17) is 9.47 Å². The van der Waals surface area contributed by atoms with Crippen molar-refractivity contribution in [2.45, 2.75) is 19.4 Å². The van der Waals surface area contributed by atoms with Crippen molar-refractivity contribution in [3.63, 3.8) is 0 Å². The van der Waals surface area contributed by atoms with E-state index in [9.17, 15) is 8.42 Å². The van der Waals surface area contributed by atoms with Crippen LogP contribution in [-0.4, -0.2) is 56.9 Å². The largest absolute Gasteiger partial charge is 0.486 e. The van der Waals surface area contributed by atoms with Gasteiger partial charge in [0.25, 0.3) is 10.2 Å². The summed E-state index contributed by atoms with van der Waals surface area (Å²) in [4.78, 5) is 0. The van der Waals surface area contributed by atoms with Crippen LogP contribution in [-0.2, 0) is 10.2 Å². The lowest BCUT2D eigenvalue weighted by Gasteiger charge is -2.31. The standard InChI is InChI=1S/C14H22N2O4S/c1-4-9-16(21(17,18)15(2)3)10-12-11-19-13-7-5-6-8-14(13)20-12/h5-8,12H,4,9-11H2,1-3H3/t12-/m0/s1. The number of ether oxygens (including phenoxy) is 2. The van der Waals surface area contributed by atoms with Crippen LogP contribution in [0.5, 0.6) is 11.5 Å². The molecule has 2 rings (SSSR count). The van der Waals surface area contributed by atoms with Crippen molar-refractivity contribution in [2.75, 3.05) is 33.8 Å². The van der Waals surface area contributed by atoms with Crippen LogP contribution in [0.15, 0.2) is 24.3 Å². The molecular formula is C14H22N2O4S. The predicted molar refractivity (Wildman–Crippen MR) is 80.8 cm³/mol. The van der Waals surface area contributed by atoms with E-state index in [0.29, 0.717) is 24.7 Å². The molecule has 1 aliphatic rings. The minimum absolute atomic E-state index is 0.280. The summed E-state index contributed by atoms with van der Waals surface area (Å²) in [5.74, 6) is 1.36. The summed E-state index contributed by atoms with van der Waals surface area (Å²) in [6.07, 6.45) is 0.443. The van der Waals surface area contributed by atoms with E-state index in [1.807, 2.05) is 31.2 Å². The highest BCUT2D eigenvalue weighted by Gasteiger charge is 2.30. The number of para-hydroxylation sites is 2. The van der Waals surface area contributed by atoms with Crippen LogP contribution in [0.25, 0.3) is 0 Å². The van der Waals surface area contributed by atoms with Gasteiger partial charge in [-0.15, -0.1) is 0 Å². The lowest BCUT2D eigenvalue weighted by molar-refractivity contribution is 0.0755. The molecule has 0 fully saturated rings. The Morgan fingerprint density at radius 1 is 1.24 bits per heavy atom. The third kappa shape index (κ3) is 3.66. The molecule has 0 unspecified atom stereocenters. The fourth-order valence-corrected chi connectivity index (χ4v) is 3.39. The van der Waals surface area contributed by atoms with Gasteiger partial charge in [0.05, 0.1) is 6.54 Å². The number of benzene rings is 1. The first-order valence-electron chi connectivity index (χ1n) is 7.01. The molecule has 1 atom stereocenters. The van der Waals surface area contributed by atoms with Crippen LogP contribution in [0.4, 0.5) is 0 Å². The summed E-state index contributed by atoms with van der Waals surface area (Å²) in [5, 5.41) is 0. The van der Waals surface area contributed by atoms with E-state index >= 15 is 0 Å². The summed E-state index contributed by atoms with van der Waals surface area (Å²) in [6.45, 7) is 3.04. The normalized spacial score (nSPS) is 18.2. The Labute approximate surface area is 126 Å². The van der Waals surface area contributed by atoms with E-state index in [0.717, 1.165) is 6.42 Å². The average molecular weight is 314 g/mol. The number of hydrogen-bond acceptors (Lipinski definition) is 4. The lowest BCUT2D eigenvalue weighted by atomic mass is 10.2. The highest BCUT2D eigenvalue weighted by Crippen LogP contribution is 2.31. The second-order valence-electron chi connectivity index (χ2n) is 5.15. The quantitative estimate of drug-likeness (QED) is 0.795. The average Bonchev–Trinajstić information content (AvgIpc) is 2.46. The van der Waals surface area contributed by atoms with Gasteiger partial charge in [-0.1, -0.05) is 19.1 Å². The van der Waals surface area contributed by atoms with Crippen molar-refractivity contribution in [3.8, 4) is 11.5 Å². The van der Waals surface area contributed by atoms with Gasteiger partial charge >= 0.3 is 0 Å². The Balaban J connectivity index is 2.09. The van der Waals surface area contributed by atoms with Crippen molar-refractivity contribution in [1.82, 2.24) is 8.61 Å². The molecule has 1 aromatic carbocycles. The number of rotatable bonds is 6. The first-order valence-corrected chi connectivity index (χ1v) is 8.41. The third-order valence-electron chi connectivity index (χ3n) is 3.24. The fourth-order valence-electron chi connectivity index (χ4n) is 2.16. The van der Waals surface area contributed by atoms with E-state index in [1.54, 1.807) is 0 Å². The fraction of sp³-hybridized carbons (Fsp3) is 0.571. The summed E-state index contributed by atoms with van der Waals surface area (Å²) in [7, 11) is -0.380. The molecule has 0 amide bonds. The molecule has 0 bridgehead atoms. The van der Waals surface area contributed by atoms with Gasteiger partial charge < -0.3 is 9.47 Å². The van der Waals surface area contributed by atoms with Crippen LogP contribution in [0.1, 0.15) is 13.3 Å². The highest BCUT2D eigenvalue weighted by atomic mass is 32.2. The smallest absolute Gasteiger partial charge is 0.281 e. The molecule has 0 saturated heterocycles. The molecule has 0 N–H and O–H groups in total. The molecule has 0 aromatic heterocycles. The molecule has 0 aliphatic carbocycles. The third-order valence-corrected chi connectivity index (χ3v) is 5.14. The highest BCUT2D eigenvalue weighted by molar-refractivity contribution is 7.86. The van der Waals surface area contributed by atoms with Gasteiger partial charge in [0.15, 0.2) is 11.5 Å². The molecule has 118 valence electrons. The SMILES string of the molecule is CCCN(C[C@H]1COc2ccccc2O1)S(=O)(=O)N(C)C. The van der Waals surface area contributed by atoms with Crippen LogP contribution in [0, 0.1) is 0 Å². The Kier molecular flexibility index (Phi) is 5.08. The Bertz CT molecular complexity index is 574. The molecule has 21 heavy (non-hydrogen) atoms. The van der Waals surface area contributed by atoms with Crippen LogP contribution >= 0.6 is 0 Å². The number of nitrogens with zero attached hydrogens (tertiary/aromatic N) is 2. The molecule has 1 heterocycles. The number of hydrogen-bond donors (Lipinski definition) is 0. The monoisotopic (exact) mass is 314 g/mol. The molecule has 7 heteroatoms. The van der Waals surface area contributed by atoms with Crippen molar-refractivity contribution in [1.29, 1.82) is 0 Å². The van der Waals surface area contributed by atoms with Gasteiger partial charge in [-0.25, -0.2) is 0 Å². The van der Waals surface area contributed by atoms with Crippen molar-refractivity contribution in [2.24, 2.45) is 0 Å². The summed E-state index contributed by atoms with van der Waals surface area (Å²) < 4.78 is 38.7. The van der Waals surface area contributed by atoms with Crippen LogP contribution < -0.4 is 9.47 Å². The Morgan fingerprint density at radius 3 is 2.52 bits per heavy atom. The Morgan fingerprint density at radius 2 is 1.90 bits per heavy atom. The second kappa shape index (κ2) is 6.64. The van der Waals surface area contributed by atoms with Gasteiger partial charge in [-0.05, 0) is 18.6 Å². The minimum atomic E-state index is -3.45. The first kappa shape index (κ1) is 16.1. The Hall–Kier alpha value is -1.31. The second-order valence-corrected chi connectivity index (χ2v) is 7.29. The van der Waals surface area contributed by atoms with Crippen LogP contribution in [0.3, 0.4) is 0 Å². The van der Waals surface area contributed by atoms with Gasteiger partial charge in [0.1, 0.15) is 12.7 Å². The maximum absolute atomic E-state index is 12.3. The predicted octanol–water partition coefficient (Wildman–Crippen LogP) is 1.34. The van der Waals surface area contributed by atoms with Gasteiger partial charge in [-0.3, -0.25) is 0 Å². The lowest BCUT2D eigenvalue weighted by Crippen LogP contribution is -2.47. The van der Waals surface area contributed by atoms with Crippen molar-refractivity contribution < 1.29 is 17.9 Å². The topological polar surface area (TPSA) is 59.1 Å². The van der Waals surface area contributed by atoms with Crippen molar-refractivity contribution >= 4 is 10.2 Å². The first-order chi connectivity index (χ1) is 9.95. The van der Waals surface area contributed by atoms with Crippen LogP contribution in [0.2, 0.25) is 0 Å². The molecule has 1 aromatic rings. The van der Waals surface area contributed by atoms with E-state index < -0.39 is 10.2 Å². The van der Waals surface area contributed by atoms with Gasteiger partial charge in [0, 0.05) is 20.6 Å². The summed E-state index contributed by atoms with van der Waals surface area (Å²) >= 11 is 0. The van der Waals surface area contributed by atoms with Crippen molar-refractivity contribution in [3.05, 3.63) is 24.3 Å². The molecule has 0 saturated carbocycles. The van der Waals surface area contributed by atoms with E-state index in [-0.39, 0.29) is 12.6 Å². The maximum atomic E-state index is 12.3. The van der Waals surface area contributed by atoms with E-state index in [1.165, 1.54) is 22.7 Å². The molecule has 0 radical (unpaired) electrons. The van der Waals surface area contributed by atoms with Gasteiger partial charge in [0.2, 0.25) is 0 Å². The number of fused-ring (bicyclic) bond motifs is 1. The minimum Gasteiger partial charge on any atom is -0.486 e. The van der Waals surface area contributed by atoms with E-state index in [2.05, 4.69) is 0 Å². The molecule has 6 nitrogen and oxygen atoms in total. The molecule has 0 spiro atoms. The molecule has 1 aliphatic heterocycles. The zero-order chi connectivity index (χ0) is 15.5.